The first-order chi connectivity index (χ1) is 22.9. The molecule has 2 aromatic heterocycles. The van der Waals surface area contributed by atoms with Gasteiger partial charge in [0.15, 0.2) is 0 Å². The standard InChI is InChI=1S/C43H27N3/c1-4-14-28(15-5-1)43-44-41-38(46(43)30-18-8-3-9-19-30)27-26-34-35-24-25-36-31-20-12-13-23-37(31)45(29-16-6-2-7-17-29)42(36)40(35)33-22-11-10-21-32(33)39(34)41/h1-27H. The topological polar surface area (TPSA) is 22.8 Å². The lowest BCUT2D eigenvalue weighted by Gasteiger charge is -2.15. The summed E-state index contributed by atoms with van der Waals surface area (Å²) in [5, 5.41) is 9.88. The average molecular weight is 586 g/mol. The summed E-state index contributed by atoms with van der Waals surface area (Å²) < 4.78 is 4.75. The molecule has 0 saturated carbocycles. The third-order valence-corrected chi connectivity index (χ3v) is 9.48. The SMILES string of the molecule is c1ccc(-c2nc3c4c5ccccc5c5c(ccc6c7ccccc7n(-c7ccccc7)c65)c4ccc3n2-c2ccccc2)cc1. The number of hydrogen-bond donors (Lipinski definition) is 0. The molecule has 214 valence electrons. The molecule has 10 rings (SSSR count). The Bertz CT molecular complexity index is 2750. The highest BCUT2D eigenvalue weighted by Crippen LogP contribution is 2.45. The largest absolute Gasteiger partial charge is 0.309 e. The van der Waals surface area contributed by atoms with E-state index < -0.39 is 0 Å². The molecule has 0 N–H and O–H groups in total. The molecule has 0 radical (unpaired) electrons. The zero-order chi connectivity index (χ0) is 30.2. The summed E-state index contributed by atoms with van der Waals surface area (Å²) in [5.41, 5.74) is 7.92. The van der Waals surface area contributed by atoms with Crippen molar-refractivity contribution >= 4 is 65.2 Å². The van der Waals surface area contributed by atoms with Gasteiger partial charge in [-0.3, -0.25) is 4.57 Å². The molecule has 0 saturated heterocycles. The van der Waals surface area contributed by atoms with Gasteiger partial charge in [0.05, 0.1) is 22.1 Å². The zero-order valence-corrected chi connectivity index (χ0v) is 24.9. The first-order valence-electron chi connectivity index (χ1n) is 15.7. The van der Waals surface area contributed by atoms with Crippen LogP contribution in [0.25, 0.3) is 87.9 Å². The summed E-state index contributed by atoms with van der Waals surface area (Å²) in [6.07, 6.45) is 0. The lowest BCUT2D eigenvalue weighted by molar-refractivity contribution is 1.10. The van der Waals surface area contributed by atoms with E-state index in [4.69, 9.17) is 4.98 Å². The van der Waals surface area contributed by atoms with Gasteiger partial charge >= 0.3 is 0 Å². The van der Waals surface area contributed by atoms with E-state index in [1.165, 1.54) is 54.1 Å². The lowest BCUT2D eigenvalue weighted by Crippen LogP contribution is -1.97. The minimum Gasteiger partial charge on any atom is -0.309 e. The molecule has 46 heavy (non-hydrogen) atoms. The van der Waals surface area contributed by atoms with Crippen LogP contribution in [0.15, 0.2) is 164 Å². The van der Waals surface area contributed by atoms with Crippen molar-refractivity contribution in [3.8, 4) is 22.8 Å². The smallest absolute Gasteiger partial charge is 0.145 e. The molecule has 0 bridgehead atoms. The van der Waals surface area contributed by atoms with Crippen LogP contribution in [0.1, 0.15) is 0 Å². The molecule has 0 amide bonds. The Morgan fingerprint density at radius 1 is 0.348 bits per heavy atom. The van der Waals surface area contributed by atoms with E-state index in [1.54, 1.807) is 0 Å². The molecule has 0 fully saturated rings. The summed E-state index contributed by atoms with van der Waals surface area (Å²) in [5.74, 6) is 0.943. The number of para-hydroxylation sites is 3. The van der Waals surface area contributed by atoms with Crippen LogP contribution >= 0.6 is 0 Å². The van der Waals surface area contributed by atoms with Gasteiger partial charge in [-0.05, 0) is 57.9 Å². The third kappa shape index (κ3) is 3.45. The second kappa shape index (κ2) is 9.65. The molecule has 0 unspecified atom stereocenters. The Kier molecular flexibility index (Phi) is 5.28. The van der Waals surface area contributed by atoms with Crippen LogP contribution in [-0.2, 0) is 0 Å². The number of rotatable bonds is 3. The van der Waals surface area contributed by atoms with Gasteiger partial charge in [0.25, 0.3) is 0 Å². The maximum Gasteiger partial charge on any atom is 0.145 e. The normalized spacial score (nSPS) is 11.9. The number of fused-ring (bicyclic) bond motifs is 12. The predicted molar refractivity (Wildman–Crippen MR) is 193 cm³/mol. The van der Waals surface area contributed by atoms with E-state index in [0.717, 1.165) is 33.8 Å². The molecule has 0 aliphatic heterocycles. The lowest BCUT2D eigenvalue weighted by atomic mass is 9.92. The number of hydrogen-bond acceptors (Lipinski definition) is 1. The molecular formula is C43H27N3. The monoisotopic (exact) mass is 585 g/mol. The predicted octanol–water partition coefficient (Wildman–Crippen LogP) is 11.2. The number of benzene rings is 8. The molecule has 8 aromatic carbocycles. The van der Waals surface area contributed by atoms with Gasteiger partial charge in [-0.15, -0.1) is 0 Å². The summed E-state index contributed by atoms with van der Waals surface area (Å²) >= 11 is 0. The van der Waals surface area contributed by atoms with E-state index >= 15 is 0 Å². The summed E-state index contributed by atoms with van der Waals surface area (Å²) in [6, 6.07) is 58.7. The van der Waals surface area contributed by atoms with E-state index in [-0.39, 0.29) is 0 Å². The molecule has 0 aliphatic carbocycles. The van der Waals surface area contributed by atoms with Gasteiger partial charge in [0.1, 0.15) is 5.82 Å². The highest BCUT2D eigenvalue weighted by molar-refractivity contribution is 6.36. The van der Waals surface area contributed by atoms with Crippen molar-refractivity contribution in [1.82, 2.24) is 14.1 Å². The van der Waals surface area contributed by atoms with Gasteiger partial charge in [-0.25, -0.2) is 4.98 Å². The van der Waals surface area contributed by atoms with Crippen LogP contribution in [0.3, 0.4) is 0 Å². The molecule has 3 heteroatoms. The molecule has 0 spiro atoms. The maximum absolute atomic E-state index is 5.46. The van der Waals surface area contributed by atoms with Crippen LogP contribution in [0, 0.1) is 0 Å². The van der Waals surface area contributed by atoms with Crippen molar-refractivity contribution in [3.05, 3.63) is 164 Å². The molecule has 2 heterocycles. The summed E-state index contributed by atoms with van der Waals surface area (Å²) in [4.78, 5) is 5.46. The number of nitrogens with zero attached hydrogens (tertiary/aromatic N) is 3. The van der Waals surface area contributed by atoms with Crippen LogP contribution in [-0.4, -0.2) is 14.1 Å². The van der Waals surface area contributed by atoms with Crippen molar-refractivity contribution in [2.24, 2.45) is 0 Å². The Labute approximate surface area is 265 Å². The molecule has 0 atom stereocenters. The third-order valence-electron chi connectivity index (χ3n) is 9.48. The Morgan fingerprint density at radius 2 is 0.848 bits per heavy atom. The van der Waals surface area contributed by atoms with Gasteiger partial charge in [0, 0.05) is 38.5 Å². The highest BCUT2D eigenvalue weighted by Gasteiger charge is 2.22. The fourth-order valence-electron chi connectivity index (χ4n) is 7.58. The first-order valence-corrected chi connectivity index (χ1v) is 15.7. The van der Waals surface area contributed by atoms with E-state index in [0.29, 0.717) is 0 Å². The quantitative estimate of drug-likeness (QED) is 0.189. The fourth-order valence-corrected chi connectivity index (χ4v) is 7.58. The average Bonchev–Trinajstić information content (AvgIpc) is 3.69. The van der Waals surface area contributed by atoms with Crippen LogP contribution in [0.4, 0.5) is 0 Å². The summed E-state index contributed by atoms with van der Waals surface area (Å²) in [7, 11) is 0. The second-order valence-electron chi connectivity index (χ2n) is 11.9. The van der Waals surface area contributed by atoms with Crippen LogP contribution in [0.5, 0.6) is 0 Å². The van der Waals surface area contributed by atoms with Gasteiger partial charge in [-0.1, -0.05) is 127 Å². The van der Waals surface area contributed by atoms with Gasteiger partial charge in [-0.2, -0.15) is 0 Å². The molecule has 3 nitrogen and oxygen atoms in total. The van der Waals surface area contributed by atoms with Crippen LogP contribution in [0.2, 0.25) is 0 Å². The van der Waals surface area contributed by atoms with Crippen molar-refractivity contribution in [3.63, 3.8) is 0 Å². The Morgan fingerprint density at radius 3 is 1.57 bits per heavy atom. The fraction of sp³-hybridized carbons (Fsp3) is 0. The maximum atomic E-state index is 5.46. The van der Waals surface area contributed by atoms with E-state index in [9.17, 15) is 0 Å². The van der Waals surface area contributed by atoms with E-state index in [2.05, 4.69) is 173 Å². The second-order valence-corrected chi connectivity index (χ2v) is 11.9. The molecule has 0 aliphatic rings. The Hall–Kier alpha value is -6.19. The minimum absolute atomic E-state index is 0.943. The molecular weight excluding hydrogens is 558 g/mol. The Balaban J connectivity index is 1.42. The van der Waals surface area contributed by atoms with Gasteiger partial charge < -0.3 is 4.57 Å². The first kappa shape index (κ1) is 25.2. The van der Waals surface area contributed by atoms with E-state index in [1.807, 2.05) is 0 Å². The van der Waals surface area contributed by atoms with Crippen molar-refractivity contribution < 1.29 is 0 Å². The van der Waals surface area contributed by atoms with Crippen molar-refractivity contribution in [1.29, 1.82) is 0 Å². The zero-order valence-electron chi connectivity index (χ0n) is 24.9. The number of aromatic nitrogens is 3. The van der Waals surface area contributed by atoms with Gasteiger partial charge in [0.2, 0.25) is 0 Å². The number of imidazole rings is 1. The van der Waals surface area contributed by atoms with Crippen LogP contribution < -0.4 is 0 Å². The minimum atomic E-state index is 0.943. The van der Waals surface area contributed by atoms with Crippen molar-refractivity contribution in [2.45, 2.75) is 0 Å². The summed E-state index contributed by atoms with van der Waals surface area (Å²) in [6.45, 7) is 0. The van der Waals surface area contributed by atoms with Crippen molar-refractivity contribution in [2.75, 3.05) is 0 Å². The highest BCUT2D eigenvalue weighted by atomic mass is 15.1. The molecule has 10 aromatic rings.